The molecule has 0 aliphatic heterocycles. The highest BCUT2D eigenvalue weighted by atomic mass is 16.5. The Hall–Kier alpha value is -2.02. The molecule has 1 aromatic rings. The first-order chi connectivity index (χ1) is 7.58. The third-order valence-corrected chi connectivity index (χ3v) is 2.23. The van der Waals surface area contributed by atoms with E-state index in [1.807, 2.05) is 13.8 Å². The third-order valence-electron chi connectivity index (χ3n) is 2.23. The van der Waals surface area contributed by atoms with Gasteiger partial charge in [-0.2, -0.15) is 0 Å². The smallest absolute Gasteiger partial charge is 0.334 e. The van der Waals surface area contributed by atoms with Crippen molar-refractivity contribution in [3.63, 3.8) is 0 Å². The summed E-state index contributed by atoms with van der Waals surface area (Å²) in [6, 6.07) is 4.30. The topological polar surface area (TPSA) is 50.9 Å². The molecular formula is C12H13NO3. The van der Waals surface area contributed by atoms with Crippen molar-refractivity contribution in [1.29, 1.82) is 0 Å². The summed E-state index contributed by atoms with van der Waals surface area (Å²) in [4.78, 5) is 14.0. The molecular weight excluding hydrogens is 206 g/mol. The SMILES string of the molecule is [C-]#[N+]c1cc(C(=O)O)ccc1O[C@@H](C)CC. The van der Waals surface area contributed by atoms with E-state index in [-0.39, 0.29) is 17.4 Å². The molecule has 1 atom stereocenters. The van der Waals surface area contributed by atoms with Crippen LogP contribution in [0.5, 0.6) is 5.75 Å². The van der Waals surface area contributed by atoms with E-state index in [1.165, 1.54) is 18.2 Å². The van der Waals surface area contributed by atoms with Crippen molar-refractivity contribution in [3.05, 3.63) is 35.2 Å². The molecule has 0 aromatic heterocycles. The number of carbonyl (C=O) groups is 1. The maximum Gasteiger partial charge on any atom is 0.334 e. The van der Waals surface area contributed by atoms with Crippen LogP contribution >= 0.6 is 0 Å². The summed E-state index contributed by atoms with van der Waals surface area (Å²) in [5.74, 6) is -0.602. The molecule has 0 radical (unpaired) electrons. The summed E-state index contributed by atoms with van der Waals surface area (Å²) in [5.41, 5.74) is 0.336. The summed E-state index contributed by atoms with van der Waals surface area (Å²) < 4.78 is 5.51. The van der Waals surface area contributed by atoms with Gasteiger partial charge in [0.15, 0.2) is 0 Å². The van der Waals surface area contributed by atoms with E-state index in [9.17, 15) is 4.79 Å². The zero-order valence-corrected chi connectivity index (χ0v) is 9.23. The molecule has 0 aliphatic rings. The lowest BCUT2D eigenvalue weighted by molar-refractivity contribution is 0.0697. The molecule has 0 unspecified atom stereocenters. The standard InChI is InChI=1S/C12H13NO3/c1-4-8(2)16-11-6-5-9(12(14)15)7-10(11)13-3/h5-8H,4H2,1-2H3,(H,14,15)/t8-/m0/s1. The zero-order valence-electron chi connectivity index (χ0n) is 9.23. The molecule has 0 bridgehead atoms. The van der Waals surface area contributed by atoms with Gasteiger partial charge in [0.05, 0.1) is 12.7 Å². The molecule has 0 spiro atoms. The third kappa shape index (κ3) is 2.74. The number of hydrogen-bond donors (Lipinski definition) is 1. The maximum absolute atomic E-state index is 10.7. The van der Waals surface area contributed by atoms with E-state index >= 15 is 0 Å². The average Bonchev–Trinajstić information content (AvgIpc) is 2.29. The fourth-order valence-electron chi connectivity index (χ4n) is 1.14. The van der Waals surface area contributed by atoms with E-state index in [2.05, 4.69) is 4.85 Å². The van der Waals surface area contributed by atoms with Crippen LogP contribution in [0.15, 0.2) is 18.2 Å². The molecule has 0 saturated carbocycles. The summed E-state index contributed by atoms with van der Waals surface area (Å²) in [5, 5.41) is 8.78. The number of carboxylic acid groups (broad SMARTS) is 1. The van der Waals surface area contributed by atoms with Gasteiger partial charge in [-0.3, -0.25) is 0 Å². The second-order valence-electron chi connectivity index (χ2n) is 3.44. The van der Waals surface area contributed by atoms with E-state index < -0.39 is 5.97 Å². The predicted octanol–water partition coefficient (Wildman–Crippen LogP) is 3.11. The van der Waals surface area contributed by atoms with Crippen LogP contribution < -0.4 is 4.74 Å². The van der Waals surface area contributed by atoms with Gasteiger partial charge in [0.1, 0.15) is 5.75 Å². The van der Waals surface area contributed by atoms with Crippen LogP contribution in [0.4, 0.5) is 5.69 Å². The molecule has 4 heteroatoms. The number of rotatable bonds is 4. The highest BCUT2D eigenvalue weighted by molar-refractivity contribution is 5.89. The highest BCUT2D eigenvalue weighted by Gasteiger charge is 2.11. The number of hydrogen-bond acceptors (Lipinski definition) is 2. The first-order valence-corrected chi connectivity index (χ1v) is 5.00. The van der Waals surface area contributed by atoms with Crippen molar-refractivity contribution in [3.8, 4) is 5.75 Å². The Morgan fingerprint density at radius 1 is 1.62 bits per heavy atom. The van der Waals surface area contributed by atoms with Crippen molar-refractivity contribution in [2.24, 2.45) is 0 Å². The van der Waals surface area contributed by atoms with Crippen molar-refractivity contribution in [2.75, 3.05) is 0 Å². The average molecular weight is 219 g/mol. The van der Waals surface area contributed by atoms with Crippen molar-refractivity contribution < 1.29 is 14.6 Å². The minimum atomic E-state index is -1.04. The maximum atomic E-state index is 10.7. The minimum absolute atomic E-state index is 0.0104. The zero-order chi connectivity index (χ0) is 12.1. The van der Waals surface area contributed by atoms with Crippen LogP contribution in [0, 0.1) is 6.57 Å². The van der Waals surface area contributed by atoms with Gasteiger partial charge in [-0.15, -0.1) is 0 Å². The Morgan fingerprint density at radius 2 is 2.31 bits per heavy atom. The fraction of sp³-hybridized carbons (Fsp3) is 0.333. The first-order valence-electron chi connectivity index (χ1n) is 5.00. The van der Waals surface area contributed by atoms with Crippen LogP contribution in [-0.4, -0.2) is 17.2 Å². The fourth-order valence-corrected chi connectivity index (χ4v) is 1.14. The largest absolute Gasteiger partial charge is 0.502 e. The summed E-state index contributed by atoms with van der Waals surface area (Å²) in [6.45, 7) is 10.9. The van der Waals surface area contributed by atoms with Crippen LogP contribution in [0.3, 0.4) is 0 Å². The van der Waals surface area contributed by atoms with Gasteiger partial charge in [0.25, 0.3) is 0 Å². The lowest BCUT2D eigenvalue weighted by Gasteiger charge is -2.14. The van der Waals surface area contributed by atoms with Gasteiger partial charge in [0.2, 0.25) is 5.69 Å². The van der Waals surface area contributed by atoms with E-state index in [1.54, 1.807) is 0 Å². The molecule has 16 heavy (non-hydrogen) atoms. The Labute approximate surface area is 94.3 Å². The number of ether oxygens (including phenoxy) is 1. The van der Waals surface area contributed by atoms with Gasteiger partial charge < -0.3 is 9.84 Å². The number of aromatic carboxylic acids is 1. The molecule has 1 aromatic carbocycles. The molecule has 0 saturated heterocycles. The summed E-state index contributed by atoms with van der Waals surface area (Å²) in [6.07, 6.45) is 0.842. The molecule has 84 valence electrons. The molecule has 0 heterocycles. The number of nitrogens with zero attached hydrogens (tertiary/aromatic N) is 1. The molecule has 1 rings (SSSR count). The van der Waals surface area contributed by atoms with Crippen molar-refractivity contribution in [1.82, 2.24) is 0 Å². The lowest BCUT2D eigenvalue weighted by Crippen LogP contribution is -2.10. The number of carboxylic acids is 1. The molecule has 0 aliphatic carbocycles. The molecule has 1 N–H and O–H groups in total. The molecule has 4 nitrogen and oxygen atoms in total. The lowest BCUT2D eigenvalue weighted by atomic mass is 10.2. The number of benzene rings is 1. The Balaban J connectivity index is 3.03. The van der Waals surface area contributed by atoms with E-state index in [0.717, 1.165) is 6.42 Å². The van der Waals surface area contributed by atoms with Crippen LogP contribution in [0.1, 0.15) is 30.6 Å². The predicted molar refractivity (Wildman–Crippen MR) is 60.0 cm³/mol. The van der Waals surface area contributed by atoms with Crippen LogP contribution in [0.25, 0.3) is 4.85 Å². The van der Waals surface area contributed by atoms with E-state index in [0.29, 0.717) is 5.75 Å². The first kappa shape index (κ1) is 12.1. The van der Waals surface area contributed by atoms with Gasteiger partial charge in [-0.05, 0) is 31.5 Å². The van der Waals surface area contributed by atoms with Gasteiger partial charge in [0, 0.05) is 5.56 Å². The second kappa shape index (κ2) is 5.17. The quantitative estimate of drug-likeness (QED) is 0.791. The van der Waals surface area contributed by atoms with E-state index in [4.69, 9.17) is 16.4 Å². The van der Waals surface area contributed by atoms with Crippen molar-refractivity contribution >= 4 is 11.7 Å². The minimum Gasteiger partial charge on any atom is -0.502 e. The molecule has 0 amide bonds. The van der Waals surface area contributed by atoms with Gasteiger partial charge in [-0.1, -0.05) is 6.92 Å². The second-order valence-corrected chi connectivity index (χ2v) is 3.44. The highest BCUT2D eigenvalue weighted by Crippen LogP contribution is 2.29. The van der Waals surface area contributed by atoms with Crippen LogP contribution in [0.2, 0.25) is 0 Å². The van der Waals surface area contributed by atoms with Crippen molar-refractivity contribution in [2.45, 2.75) is 26.4 Å². The van der Waals surface area contributed by atoms with Gasteiger partial charge >= 0.3 is 5.97 Å². The normalized spacial score (nSPS) is 11.6. The summed E-state index contributed by atoms with van der Waals surface area (Å²) in [7, 11) is 0. The Bertz CT molecular complexity index is 434. The van der Waals surface area contributed by atoms with Gasteiger partial charge in [-0.25, -0.2) is 9.64 Å². The molecule has 0 fully saturated rings. The monoisotopic (exact) mass is 219 g/mol. The Kier molecular flexibility index (Phi) is 3.90. The van der Waals surface area contributed by atoms with Crippen LogP contribution in [-0.2, 0) is 0 Å². The summed E-state index contributed by atoms with van der Waals surface area (Å²) >= 11 is 0. The Morgan fingerprint density at radius 3 is 2.81 bits per heavy atom.